The summed E-state index contributed by atoms with van der Waals surface area (Å²) >= 11 is 0. The molecule has 0 spiro atoms. The second kappa shape index (κ2) is 10.2. The summed E-state index contributed by atoms with van der Waals surface area (Å²) in [6.45, 7) is 6.11. The highest BCUT2D eigenvalue weighted by Crippen LogP contribution is 2.32. The molecule has 37 heavy (non-hydrogen) atoms. The van der Waals surface area contributed by atoms with E-state index in [1.807, 2.05) is 12.1 Å². The number of ether oxygens (including phenoxy) is 1. The van der Waals surface area contributed by atoms with Crippen molar-refractivity contribution in [1.29, 1.82) is 0 Å². The van der Waals surface area contributed by atoms with E-state index in [2.05, 4.69) is 46.4 Å². The number of benzene rings is 1. The number of aliphatic hydroxyl groups excluding tert-OH is 2. The Morgan fingerprint density at radius 2 is 1.84 bits per heavy atom. The van der Waals surface area contributed by atoms with Gasteiger partial charge < -0.3 is 31.3 Å². The van der Waals surface area contributed by atoms with Crippen LogP contribution in [-0.2, 0) is 20.0 Å². The number of nitrogens with two attached hydrogens (primary N) is 1. The highest BCUT2D eigenvalue weighted by molar-refractivity contribution is 7.91. The number of carbonyl (C=O) groups is 1. The number of amides is 2. The molecule has 0 aliphatic carbocycles. The number of carbonyl (C=O) groups excluding carboxylic acids is 1. The molecule has 2 amide bonds. The highest BCUT2D eigenvalue weighted by atomic mass is 32.2. The van der Waals surface area contributed by atoms with Crippen molar-refractivity contribution in [2.75, 3.05) is 29.1 Å². The maximum atomic E-state index is 12.7. The number of urea groups is 1. The van der Waals surface area contributed by atoms with Crippen LogP contribution in [0, 0.1) is 0 Å². The van der Waals surface area contributed by atoms with Crippen LogP contribution in [0.5, 0.6) is 0 Å². The van der Waals surface area contributed by atoms with Gasteiger partial charge in [-0.3, -0.25) is 4.57 Å². The number of nitrogen functional groups attached to an aromatic ring is 1. The van der Waals surface area contributed by atoms with Crippen molar-refractivity contribution in [3.05, 3.63) is 42.5 Å². The first-order chi connectivity index (χ1) is 17.4. The van der Waals surface area contributed by atoms with Gasteiger partial charge in [0, 0.05) is 12.2 Å². The molecule has 1 aromatic carbocycles. The number of hydrogen-bond donors (Lipinski definition) is 5. The zero-order valence-corrected chi connectivity index (χ0v) is 21.5. The van der Waals surface area contributed by atoms with Gasteiger partial charge in [-0.25, -0.2) is 28.2 Å². The topological polar surface area (TPSA) is 195 Å². The third kappa shape index (κ3) is 5.98. The van der Waals surface area contributed by atoms with Gasteiger partial charge in [0.1, 0.15) is 30.2 Å². The van der Waals surface area contributed by atoms with E-state index >= 15 is 0 Å². The Bertz CT molecular complexity index is 1370. The summed E-state index contributed by atoms with van der Waals surface area (Å²) in [5.41, 5.74) is 8.02. The van der Waals surface area contributed by atoms with Gasteiger partial charge in [-0.1, -0.05) is 32.9 Å². The van der Waals surface area contributed by atoms with Crippen molar-refractivity contribution in [2.45, 2.75) is 50.7 Å². The second-order valence-corrected chi connectivity index (χ2v) is 12.2. The van der Waals surface area contributed by atoms with Gasteiger partial charge in [-0.15, -0.1) is 0 Å². The number of anilines is 2. The fourth-order valence-corrected chi connectivity index (χ4v) is 5.39. The third-order valence-corrected chi connectivity index (χ3v) is 7.79. The molecule has 13 nitrogen and oxygen atoms in total. The minimum atomic E-state index is -3.76. The Morgan fingerprint density at radius 1 is 1.14 bits per heavy atom. The van der Waals surface area contributed by atoms with Crippen LogP contribution in [0.4, 0.5) is 16.3 Å². The van der Waals surface area contributed by atoms with Gasteiger partial charge in [0.15, 0.2) is 27.5 Å². The molecule has 3 heterocycles. The zero-order chi connectivity index (χ0) is 27.0. The van der Waals surface area contributed by atoms with Gasteiger partial charge in [0.25, 0.3) is 0 Å². The van der Waals surface area contributed by atoms with Gasteiger partial charge in [0.05, 0.1) is 17.8 Å². The fourth-order valence-electron chi connectivity index (χ4n) is 4.04. The number of imidazole rings is 1. The van der Waals surface area contributed by atoms with E-state index in [0.29, 0.717) is 11.2 Å². The van der Waals surface area contributed by atoms with Crippen LogP contribution in [0.15, 0.2) is 36.9 Å². The third-order valence-electron chi connectivity index (χ3n) is 6.12. The maximum absolute atomic E-state index is 12.7. The average molecular weight is 534 g/mol. The van der Waals surface area contributed by atoms with Crippen molar-refractivity contribution in [3.63, 3.8) is 0 Å². The predicted molar refractivity (Wildman–Crippen MR) is 136 cm³/mol. The molecule has 0 saturated carbocycles. The maximum Gasteiger partial charge on any atom is 0.319 e. The molecule has 0 bridgehead atoms. The van der Waals surface area contributed by atoms with Crippen molar-refractivity contribution in [1.82, 2.24) is 24.8 Å². The number of hydrogen-bond acceptors (Lipinski definition) is 10. The molecule has 200 valence electrons. The summed E-state index contributed by atoms with van der Waals surface area (Å²) in [6.07, 6.45) is -2.67. The van der Waals surface area contributed by atoms with E-state index in [1.165, 1.54) is 17.2 Å². The number of aromatic nitrogens is 4. The Hall–Kier alpha value is -3.33. The molecule has 2 aromatic heterocycles. The molecule has 0 radical (unpaired) electrons. The molecule has 0 unspecified atom stereocenters. The standard InChI is InChI=1S/C23H31N7O6S/c1-23(2,3)13-4-6-14(7-5-13)29-22(33)25-8-9-37(34,35)10-15-17(31)18(32)21(36-15)30-12-28-16-19(24)26-11-27-20(16)30/h4-7,11-12,15,17-18,21,31-32H,8-10H2,1-3H3,(H2,24,26,27)(H2,25,29,33)/t15-,17-,18-,21-/m1/s1. The lowest BCUT2D eigenvalue weighted by molar-refractivity contribution is -0.0292. The van der Waals surface area contributed by atoms with Gasteiger partial charge in [0.2, 0.25) is 0 Å². The summed E-state index contributed by atoms with van der Waals surface area (Å²) < 4.78 is 32.4. The van der Waals surface area contributed by atoms with Crippen LogP contribution in [0.25, 0.3) is 11.2 Å². The quantitative estimate of drug-likeness (QED) is 0.286. The summed E-state index contributed by atoms with van der Waals surface area (Å²) in [4.78, 5) is 24.2. The Balaban J connectivity index is 1.30. The van der Waals surface area contributed by atoms with Crippen molar-refractivity contribution < 1.29 is 28.2 Å². The minimum Gasteiger partial charge on any atom is -0.387 e. The molecule has 1 aliphatic rings. The van der Waals surface area contributed by atoms with Crippen LogP contribution < -0.4 is 16.4 Å². The minimum absolute atomic E-state index is 0.0171. The Kier molecular flexibility index (Phi) is 7.37. The van der Waals surface area contributed by atoms with Gasteiger partial charge in [-0.2, -0.15) is 0 Å². The highest BCUT2D eigenvalue weighted by Gasteiger charge is 2.45. The van der Waals surface area contributed by atoms with E-state index < -0.39 is 46.2 Å². The normalized spacial score (nSPS) is 22.3. The summed E-state index contributed by atoms with van der Waals surface area (Å²) in [6, 6.07) is 6.86. The number of rotatable bonds is 7. The first-order valence-corrected chi connectivity index (χ1v) is 13.5. The molecule has 1 aliphatic heterocycles. The van der Waals surface area contributed by atoms with E-state index in [-0.39, 0.29) is 29.2 Å². The molecule has 1 fully saturated rings. The van der Waals surface area contributed by atoms with E-state index in [1.54, 1.807) is 12.1 Å². The van der Waals surface area contributed by atoms with Gasteiger partial charge in [-0.05, 0) is 23.1 Å². The molecule has 1 saturated heterocycles. The lowest BCUT2D eigenvalue weighted by Gasteiger charge is -2.19. The number of nitrogens with one attached hydrogen (secondary N) is 2. The van der Waals surface area contributed by atoms with E-state index in [9.17, 15) is 23.4 Å². The van der Waals surface area contributed by atoms with Crippen LogP contribution in [0.1, 0.15) is 32.6 Å². The molecule has 4 rings (SSSR count). The van der Waals surface area contributed by atoms with Crippen LogP contribution >= 0.6 is 0 Å². The number of aliphatic hydroxyl groups is 2. The Labute approximate surface area is 214 Å². The largest absolute Gasteiger partial charge is 0.387 e. The van der Waals surface area contributed by atoms with Crippen LogP contribution in [0.3, 0.4) is 0 Å². The monoisotopic (exact) mass is 533 g/mol. The van der Waals surface area contributed by atoms with Crippen LogP contribution in [-0.4, -0.2) is 80.5 Å². The lowest BCUT2D eigenvalue weighted by atomic mass is 9.87. The average Bonchev–Trinajstić information content (AvgIpc) is 3.36. The van der Waals surface area contributed by atoms with E-state index in [4.69, 9.17) is 10.5 Å². The summed E-state index contributed by atoms with van der Waals surface area (Å²) in [7, 11) is -3.76. The smallest absolute Gasteiger partial charge is 0.319 e. The SMILES string of the molecule is CC(C)(C)c1ccc(NC(=O)NCCS(=O)(=O)C[C@H]2O[C@@H](n3cnc4c(N)ncnc43)[C@H](O)[C@@H]2O)cc1. The number of nitrogens with zero attached hydrogens (tertiary/aromatic N) is 4. The summed E-state index contributed by atoms with van der Waals surface area (Å²) in [5, 5.41) is 26.1. The second-order valence-electron chi connectivity index (χ2n) is 9.95. The first-order valence-electron chi connectivity index (χ1n) is 11.7. The first kappa shape index (κ1) is 26.7. The van der Waals surface area contributed by atoms with Crippen molar-refractivity contribution >= 4 is 38.5 Å². The van der Waals surface area contributed by atoms with Crippen molar-refractivity contribution in [3.8, 4) is 0 Å². The zero-order valence-electron chi connectivity index (χ0n) is 20.7. The van der Waals surface area contributed by atoms with Gasteiger partial charge >= 0.3 is 6.03 Å². The predicted octanol–water partition coefficient (Wildman–Crippen LogP) is 0.562. The van der Waals surface area contributed by atoms with Crippen LogP contribution in [0.2, 0.25) is 0 Å². The lowest BCUT2D eigenvalue weighted by Crippen LogP contribution is -2.38. The molecule has 14 heteroatoms. The molecule has 3 aromatic rings. The number of fused-ring (bicyclic) bond motifs is 1. The molecular weight excluding hydrogens is 502 g/mol. The summed E-state index contributed by atoms with van der Waals surface area (Å²) in [5.74, 6) is -0.799. The molecule has 4 atom stereocenters. The number of sulfone groups is 1. The van der Waals surface area contributed by atoms with E-state index in [0.717, 1.165) is 5.56 Å². The van der Waals surface area contributed by atoms with Crippen molar-refractivity contribution in [2.24, 2.45) is 0 Å². The molecule has 6 N–H and O–H groups in total. The fraction of sp³-hybridized carbons (Fsp3) is 0.478. The molecular formula is C23H31N7O6S. The Morgan fingerprint density at radius 3 is 2.51 bits per heavy atom.